The van der Waals surface area contributed by atoms with Crippen LogP contribution in [0.4, 0.5) is 8.78 Å². The molecule has 5 heteroatoms. The van der Waals surface area contributed by atoms with Crippen molar-refractivity contribution >= 4 is 30.6 Å². The first-order valence-corrected chi connectivity index (χ1v) is 7.80. The van der Waals surface area contributed by atoms with Crippen LogP contribution in [-0.4, -0.2) is 49.0 Å². The van der Waals surface area contributed by atoms with Crippen molar-refractivity contribution < 1.29 is 13.4 Å². The number of hydrogen-bond donors (Lipinski definition) is 0. The van der Waals surface area contributed by atoms with Crippen molar-refractivity contribution in [3.63, 3.8) is 0 Å². The molecule has 0 bridgehead atoms. The first-order valence-electron chi connectivity index (χ1n) is 6.16. The maximum absolute atomic E-state index is 13.9. The van der Waals surface area contributed by atoms with Gasteiger partial charge in [-0.3, -0.25) is 0 Å². The van der Waals surface area contributed by atoms with Crippen LogP contribution < -0.4 is 0 Å². The van der Waals surface area contributed by atoms with Crippen LogP contribution in [-0.2, 0) is 4.65 Å². The molecule has 0 aliphatic rings. The Morgan fingerprint density at radius 2 is 1.59 bits per heavy atom. The van der Waals surface area contributed by atoms with Gasteiger partial charge in [0.2, 0.25) is 0 Å². The molecular formula is C12H22BF2OSn. The normalized spacial score (nSPS) is 22.5. The Morgan fingerprint density at radius 1 is 1.06 bits per heavy atom. The summed E-state index contributed by atoms with van der Waals surface area (Å²) in [5.74, 6) is -0.131. The predicted octanol–water partition coefficient (Wildman–Crippen LogP) is 3.18. The van der Waals surface area contributed by atoms with E-state index in [1.54, 1.807) is 6.92 Å². The van der Waals surface area contributed by atoms with Gasteiger partial charge in [0.05, 0.1) is 0 Å². The van der Waals surface area contributed by atoms with Crippen molar-refractivity contribution in [3.8, 4) is 0 Å². The molecule has 0 rings (SSSR count). The molecule has 0 aromatic carbocycles. The van der Waals surface area contributed by atoms with Crippen molar-refractivity contribution in [1.29, 1.82) is 0 Å². The van der Waals surface area contributed by atoms with Crippen molar-refractivity contribution in [2.45, 2.75) is 62.9 Å². The Morgan fingerprint density at radius 3 is 2.00 bits per heavy atom. The van der Waals surface area contributed by atoms with Crippen LogP contribution in [0.1, 0.15) is 40.5 Å². The van der Waals surface area contributed by atoms with Crippen molar-refractivity contribution in [3.05, 3.63) is 0 Å². The molecule has 0 aliphatic carbocycles. The fraction of sp³-hybridized carbons (Fsp3) is 1.00. The number of halogens is 2. The molecule has 1 nitrogen and oxygen atoms in total. The van der Waals surface area contributed by atoms with Crippen LogP contribution in [0.25, 0.3) is 0 Å². The van der Waals surface area contributed by atoms with Crippen LogP contribution in [0, 0.1) is 11.8 Å². The molecule has 0 amide bonds. The molecule has 0 heterocycles. The van der Waals surface area contributed by atoms with Gasteiger partial charge in [0.25, 0.3) is 0 Å². The van der Waals surface area contributed by atoms with Crippen molar-refractivity contribution in [1.82, 2.24) is 0 Å². The van der Waals surface area contributed by atoms with E-state index in [9.17, 15) is 8.78 Å². The van der Waals surface area contributed by atoms with Crippen LogP contribution in [0.5, 0.6) is 0 Å². The summed E-state index contributed by atoms with van der Waals surface area (Å²) in [5, 5.41) is 0. The Hall–Kier alpha value is 0.684. The number of alkyl halides is 2. The molecule has 6 unspecified atom stereocenters. The van der Waals surface area contributed by atoms with E-state index in [-0.39, 0.29) is 11.8 Å². The van der Waals surface area contributed by atoms with Gasteiger partial charge < -0.3 is 0 Å². The molecule has 0 spiro atoms. The second-order valence-electron chi connectivity index (χ2n) is 5.04. The average Bonchev–Trinajstić information content (AvgIpc) is 2.31. The summed E-state index contributed by atoms with van der Waals surface area (Å²) >= 11 is 1.50. The molecule has 97 valence electrons. The van der Waals surface area contributed by atoms with E-state index >= 15 is 0 Å². The minimum absolute atomic E-state index is 0.177. The summed E-state index contributed by atoms with van der Waals surface area (Å²) in [6.45, 7) is 7.37. The summed E-state index contributed by atoms with van der Waals surface area (Å²) in [4.78, 5) is 0. The van der Waals surface area contributed by atoms with Crippen LogP contribution in [0.3, 0.4) is 0 Å². The summed E-state index contributed by atoms with van der Waals surface area (Å²) in [6.07, 6.45) is -2.03. The molecule has 0 aliphatic heterocycles. The Kier molecular flexibility index (Phi) is 9.08. The third kappa shape index (κ3) is 6.41. The van der Waals surface area contributed by atoms with Gasteiger partial charge in [-0.2, -0.15) is 0 Å². The molecule has 0 fully saturated rings. The van der Waals surface area contributed by atoms with Gasteiger partial charge >= 0.3 is 119 Å². The van der Waals surface area contributed by atoms with E-state index in [2.05, 4.69) is 11.6 Å². The van der Waals surface area contributed by atoms with Gasteiger partial charge in [-0.15, -0.1) is 0 Å². The summed E-state index contributed by atoms with van der Waals surface area (Å²) in [7, 11) is 4.88. The predicted molar refractivity (Wildman–Crippen MR) is 68.8 cm³/mol. The van der Waals surface area contributed by atoms with Crippen LogP contribution >= 0.6 is 0 Å². The molecule has 0 N–H and O–H groups in total. The summed E-state index contributed by atoms with van der Waals surface area (Å²) in [6, 6.07) is 0. The van der Waals surface area contributed by atoms with E-state index < -0.39 is 18.4 Å². The monoisotopic (exact) mass is 351 g/mol. The number of rotatable bonds is 8. The van der Waals surface area contributed by atoms with Crippen molar-refractivity contribution in [2.24, 2.45) is 11.8 Å². The second-order valence-corrected chi connectivity index (χ2v) is 7.86. The van der Waals surface area contributed by atoms with Gasteiger partial charge in [0.1, 0.15) is 0 Å². The fourth-order valence-corrected chi connectivity index (χ4v) is 2.19. The SMILES string of the molecule is [B]OC(C)C(F)C(F)C(C)C(C)CC[CH](C)[Sn]. The topological polar surface area (TPSA) is 9.23 Å². The zero-order chi connectivity index (χ0) is 13.6. The Bertz CT molecular complexity index is 207. The average molecular weight is 350 g/mol. The molecule has 17 heavy (non-hydrogen) atoms. The van der Waals surface area contributed by atoms with Gasteiger partial charge in [-0.1, -0.05) is 0 Å². The van der Waals surface area contributed by atoms with E-state index in [1.807, 2.05) is 6.92 Å². The molecule has 6 atom stereocenters. The standard InChI is InChI=1S/C12H22BF2O.Sn/c1-5-6-7-8(2)9(3)11(14)12(15)10(4)16-13;/h5,8-12H,6-7H2,1-4H3;. The van der Waals surface area contributed by atoms with Gasteiger partial charge in [0.15, 0.2) is 0 Å². The van der Waals surface area contributed by atoms with Gasteiger partial charge in [-0.25, -0.2) is 0 Å². The Labute approximate surface area is 119 Å². The first-order chi connectivity index (χ1) is 7.81. The van der Waals surface area contributed by atoms with Gasteiger partial charge in [0, 0.05) is 0 Å². The summed E-state index contributed by atoms with van der Waals surface area (Å²) < 4.78 is 32.6. The quantitative estimate of drug-likeness (QED) is 0.612. The zero-order valence-electron chi connectivity index (χ0n) is 11.1. The summed E-state index contributed by atoms with van der Waals surface area (Å²) in [5.41, 5.74) is 0. The minimum atomic E-state index is -1.65. The molecule has 0 saturated heterocycles. The van der Waals surface area contributed by atoms with Gasteiger partial charge in [-0.05, 0) is 0 Å². The number of hydrogen-bond acceptors (Lipinski definition) is 1. The third-order valence-corrected chi connectivity index (χ3v) is 4.25. The molecular weight excluding hydrogens is 328 g/mol. The Balaban J connectivity index is 4.22. The first kappa shape index (κ1) is 17.7. The molecule has 0 aromatic rings. The third-order valence-electron chi connectivity index (χ3n) is 3.42. The maximum atomic E-state index is 13.9. The molecule has 0 aromatic heterocycles. The van der Waals surface area contributed by atoms with E-state index in [0.717, 1.165) is 12.8 Å². The molecule has 5 radical (unpaired) electrons. The van der Waals surface area contributed by atoms with Crippen molar-refractivity contribution in [2.75, 3.05) is 0 Å². The van der Waals surface area contributed by atoms with Crippen LogP contribution in [0.15, 0.2) is 0 Å². The molecule has 0 saturated carbocycles. The zero-order valence-corrected chi connectivity index (χ0v) is 14.0. The second kappa shape index (κ2) is 8.73. The fourth-order valence-electron chi connectivity index (χ4n) is 1.71. The van der Waals surface area contributed by atoms with E-state index in [4.69, 9.17) is 8.05 Å². The van der Waals surface area contributed by atoms with E-state index in [0.29, 0.717) is 3.93 Å². The van der Waals surface area contributed by atoms with Crippen LogP contribution in [0.2, 0.25) is 3.93 Å². The van der Waals surface area contributed by atoms with E-state index in [1.165, 1.54) is 29.4 Å².